The van der Waals surface area contributed by atoms with Gasteiger partial charge < -0.3 is 17.3 Å². The Labute approximate surface area is 310 Å². The molecule has 0 radical (unpaired) electrons. The fourth-order valence-corrected chi connectivity index (χ4v) is 1.83. The second kappa shape index (κ2) is 21.3. The van der Waals surface area contributed by atoms with Gasteiger partial charge in [-0.05, 0) is 11.6 Å². The Balaban J connectivity index is -0.000000148. The first-order chi connectivity index (χ1) is 16.5. The van der Waals surface area contributed by atoms with E-state index in [1.807, 2.05) is 4.98 Å². The SMILES string of the molecule is C.Nc1nc(C(F)(F)F)cc(=O)[nH]1.O=C(Cl)CCl.O=C1Cn2c(nc(C(F)(F)F)cc2=O)N1.O=CO[O-].[H-].[K+].[K+]. The van der Waals surface area contributed by atoms with Crippen LogP contribution in [0.4, 0.5) is 38.2 Å². The fraction of sp³-hybridized carbons (Fsp3) is 0.312. The second-order valence-electron chi connectivity index (χ2n) is 5.63. The monoisotopic (exact) mass is 666 g/mol. The number of hydrogen-bond acceptors (Lipinski definition) is 10. The maximum Gasteiger partial charge on any atom is 1.00 e. The number of carbonyl (C=O) groups excluding carboxylic acids is 3. The molecule has 23 heteroatoms. The predicted octanol–water partition coefficient (Wildman–Crippen LogP) is -5.23. The van der Waals surface area contributed by atoms with E-state index in [2.05, 4.69) is 20.2 Å². The van der Waals surface area contributed by atoms with E-state index in [0.29, 0.717) is 12.1 Å². The van der Waals surface area contributed by atoms with Gasteiger partial charge in [-0.15, -0.1) is 11.6 Å². The summed E-state index contributed by atoms with van der Waals surface area (Å²) in [7, 11) is 0. The molecule has 0 fully saturated rings. The summed E-state index contributed by atoms with van der Waals surface area (Å²) in [6.07, 6.45) is -9.33. The van der Waals surface area contributed by atoms with E-state index in [9.17, 15) is 45.5 Å². The number of halogens is 8. The molecule has 0 atom stereocenters. The molecule has 0 aromatic carbocycles. The summed E-state index contributed by atoms with van der Waals surface area (Å²) in [5.41, 5.74) is 0.478. The molecule has 39 heavy (non-hydrogen) atoms. The maximum atomic E-state index is 12.2. The molecule has 1 aliphatic rings. The number of nitrogens with two attached hydrogens (primary N) is 1. The minimum atomic E-state index is -4.69. The molecule has 2 aromatic rings. The standard InChI is InChI=1S/C7H4F3N3O2.C5H4F3N3O.C2H2Cl2O.CH2O3.CH4.2K.H/c8-7(9,10)3-1-5(15)13-2-4(14)12-6(13)11-3;6-5(7,8)2-1-3(12)11-4(9)10-2;3-1-2(4)5;2-1-4-3;;;;/h1H,2H2,(H,11,12,14);1H,(H3,9,10,11,12);1H2;1,3H;1H4;;;/q;;;;;2*+1;-1/p-1. The van der Waals surface area contributed by atoms with Crippen LogP contribution < -0.4 is 130 Å². The van der Waals surface area contributed by atoms with Gasteiger partial charge in [0.25, 0.3) is 17.6 Å². The van der Waals surface area contributed by atoms with E-state index in [1.54, 1.807) is 0 Å². The van der Waals surface area contributed by atoms with Crippen LogP contribution in [0, 0.1) is 0 Å². The van der Waals surface area contributed by atoms with Gasteiger partial charge in [0.2, 0.25) is 23.0 Å². The van der Waals surface area contributed by atoms with Gasteiger partial charge in [-0.25, -0.2) is 9.97 Å². The third kappa shape index (κ3) is 18.6. The number of H-pyrrole nitrogens is 1. The zero-order valence-corrected chi connectivity index (χ0v) is 26.7. The van der Waals surface area contributed by atoms with Crippen LogP contribution in [0.5, 0.6) is 0 Å². The van der Waals surface area contributed by atoms with Crippen LogP contribution in [0.2, 0.25) is 0 Å². The third-order valence-corrected chi connectivity index (χ3v) is 3.56. The Morgan fingerprint density at radius 1 is 1.13 bits per heavy atom. The van der Waals surface area contributed by atoms with Crippen molar-refractivity contribution in [3.8, 4) is 0 Å². The van der Waals surface area contributed by atoms with E-state index < -0.39 is 52.0 Å². The number of carbonyl (C=O) groups is 3. The van der Waals surface area contributed by atoms with Gasteiger partial charge in [-0.3, -0.25) is 38.8 Å². The third-order valence-electron chi connectivity index (χ3n) is 3.05. The average Bonchev–Trinajstić information content (AvgIpc) is 3.14. The van der Waals surface area contributed by atoms with Crippen molar-refractivity contribution in [2.24, 2.45) is 0 Å². The van der Waals surface area contributed by atoms with Crippen molar-refractivity contribution in [3.05, 3.63) is 44.2 Å². The zero-order valence-electron chi connectivity index (χ0n) is 19.9. The van der Waals surface area contributed by atoms with Gasteiger partial charge in [0.1, 0.15) is 6.54 Å². The molecule has 0 aliphatic carbocycles. The van der Waals surface area contributed by atoms with Crippen molar-refractivity contribution in [2.45, 2.75) is 26.3 Å². The van der Waals surface area contributed by atoms with Crippen molar-refractivity contribution in [3.63, 3.8) is 0 Å². The topological polar surface area (TPSA) is 202 Å². The summed E-state index contributed by atoms with van der Waals surface area (Å²) in [4.78, 5) is 61.1. The molecule has 1 aliphatic heterocycles. The number of amides is 1. The van der Waals surface area contributed by atoms with E-state index in [1.165, 1.54) is 0 Å². The molecule has 3 heterocycles. The molecule has 4 N–H and O–H groups in total. The Morgan fingerprint density at radius 2 is 1.56 bits per heavy atom. The van der Waals surface area contributed by atoms with Gasteiger partial charge in [-0.2, -0.15) is 26.3 Å². The fourth-order valence-electron chi connectivity index (χ4n) is 1.83. The van der Waals surface area contributed by atoms with Crippen LogP contribution in [0.25, 0.3) is 0 Å². The first-order valence-electron chi connectivity index (χ1n) is 8.35. The van der Waals surface area contributed by atoms with Crippen LogP contribution in [-0.4, -0.2) is 43.0 Å². The van der Waals surface area contributed by atoms with Gasteiger partial charge in [0.15, 0.2) is 11.4 Å². The number of anilines is 2. The Kier molecular flexibility index (Phi) is 24.9. The van der Waals surface area contributed by atoms with Crippen LogP contribution >= 0.6 is 23.2 Å². The smallest absolute Gasteiger partial charge is 1.00 e. The molecule has 1 amide bonds. The quantitative estimate of drug-likeness (QED) is 0.0529. The minimum absolute atomic E-state index is 0. The largest absolute Gasteiger partial charge is 1.00 e. The van der Waals surface area contributed by atoms with Crippen LogP contribution in [0.15, 0.2) is 21.7 Å². The van der Waals surface area contributed by atoms with Crippen molar-refractivity contribution in [2.75, 3.05) is 16.9 Å². The predicted molar refractivity (Wildman–Crippen MR) is 113 cm³/mol. The maximum absolute atomic E-state index is 12.2. The van der Waals surface area contributed by atoms with Crippen molar-refractivity contribution < 1.29 is 155 Å². The summed E-state index contributed by atoms with van der Waals surface area (Å²) < 4.78 is 73.1. The van der Waals surface area contributed by atoms with Gasteiger partial charge in [0, 0.05) is 12.1 Å². The van der Waals surface area contributed by atoms with E-state index in [4.69, 9.17) is 39.0 Å². The zero-order chi connectivity index (χ0) is 28.3. The number of fused-ring (bicyclic) bond motifs is 1. The first kappa shape index (κ1) is 45.5. The number of aromatic amines is 1. The number of alkyl halides is 7. The average molecular weight is 667 g/mol. The molecule has 3 rings (SSSR count). The summed E-state index contributed by atoms with van der Waals surface area (Å²) in [6.45, 7) is -0.473. The molecule has 0 saturated carbocycles. The Bertz CT molecular complexity index is 1200. The Hall–Kier alpha value is -0.437. The second-order valence-corrected chi connectivity index (χ2v) is 6.32. The number of aromatic nitrogens is 4. The molecule has 0 unspecified atom stereocenters. The molecule has 0 bridgehead atoms. The van der Waals surface area contributed by atoms with Crippen molar-refractivity contribution >= 4 is 52.7 Å². The molecule has 210 valence electrons. The summed E-state index contributed by atoms with van der Waals surface area (Å²) in [5, 5.41) is 9.99. The molecular formula is C16H16Cl2F6K2N6O7. The van der Waals surface area contributed by atoms with Crippen molar-refractivity contribution in [1.82, 2.24) is 19.5 Å². The van der Waals surface area contributed by atoms with Crippen LogP contribution in [-0.2, 0) is 38.2 Å². The molecule has 13 nitrogen and oxygen atoms in total. The molecule has 0 spiro atoms. The van der Waals surface area contributed by atoms with Gasteiger partial charge in [0.05, 0.1) is 5.88 Å². The van der Waals surface area contributed by atoms with Gasteiger partial charge in [-0.1, -0.05) is 7.43 Å². The minimum Gasteiger partial charge on any atom is -1.00 e. The van der Waals surface area contributed by atoms with Gasteiger partial charge >= 0.3 is 115 Å². The molecule has 0 saturated heterocycles. The Morgan fingerprint density at radius 3 is 1.92 bits per heavy atom. The first-order valence-corrected chi connectivity index (χ1v) is 9.27. The number of nitrogen functional groups attached to an aromatic ring is 1. The summed E-state index contributed by atoms with van der Waals surface area (Å²) in [5.74, 6) is -1.56. The molecule has 2 aromatic heterocycles. The normalized spacial score (nSPS) is 10.8. The number of nitrogens with zero attached hydrogens (tertiary/aromatic N) is 3. The number of hydrogen-bond donors (Lipinski definition) is 3. The van der Waals surface area contributed by atoms with Crippen LogP contribution in [0.3, 0.4) is 0 Å². The molecular weight excluding hydrogens is 651 g/mol. The van der Waals surface area contributed by atoms with E-state index in [0.717, 1.165) is 4.57 Å². The summed E-state index contributed by atoms with van der Waals surface area (Å²) >= 11 is 9.55. The number of rotatable bonds is 2. The summed E-state index contributed by atoms with van der Waals surface area (Å²) in [6, 6.07) is 0.708. The van der Waals surface area contributed by atoms with E-state index in [-0.39, 0.29) is 136 Å². The van der Waals surface area contributed by atoms with E-state index >= 15 is 0 Å². The van der Waals surface area contributed by atoms with Crippen LogP contribution in [0.1, 0.15) is 20.2 Å². The number of nitrogens with one attached hydrogen (secondary N) is 2. The van der Waals surface area contributed by atoms with Crippen molar-refractivity contribution in [1.29, 1.82) is 0 Å².